The molecule has 2 heterocycles. The molecule has 1 aliphatic heterocycles. The van der Waals surface area contributed by atoms with Gasteiger partial charge in [0.1, 0.15) is 0 Å². The second kappa shape index (κ2) is 8.26. The van der Waals surface area contributed by atoms with Crippen LogP contribution >= 0.6 is 11.3 Å². The van der Waals surface area contributed by atoms with Crippen molar-refractivity contribution >= 4 is 37.4 Å². The molecule has 0 radical (unpaired) electrons. The van der Waals surface area contributed by atoms with Crippen molar-refractivity contribution in [2.24, 2.45) is 5.92 Å². The zero-order valence-electron chi connectivity index (χ0n) is 16.0. The van der Waals surface area contributed by atoms with Gasteiger partial charge < -0.3 is 10.2 Å². The molecule has 2 aromatic rings. The second-order valence-electron chi connectivity index (χ2n) is 7.35. The molecule has 0 unspecified atom stereocenters. The van der Waals surface area contributed by atoms with Crippen LogP contribution in [0.4, 0.5) is 0 Å². The number of likely N-dealkylation sites (N-methyl/N-ethyl adjacent to an activating group) is 1. The van der Waals surface area contributed by atoms with Crippen molar-refractivity contribution < 1.29 is 13.2 Å². The molecule has 1 aromatic carbocycles. The summed E-state index contributed by atoms with van der Waals surface area (Å²) in [6.45, 7) is 1.38. The van der Waals surface area contributed by atoms with Crippen LogP contribution in [-0.2, 0) is 14.8 Å². The molecular weight excluding hydrogens is 382 g/mol. The third-order valence-electron chi connectivity index (χ3n) is 5.26. The second-order valence-corrected chi connectivity index (χ2v) is 10.2. The molecule has 27 heavy (non-hydrogen) atoms. The SMILES string of the molecule is CN(C)[C@@H](CNC(=O)C1CCN(S(C)(=O)=O)CC1)c1csc2ccccc12. The highest BCUT2D eigenvalue weighted by Crippen LogP contribution is 2.32. The Labute approximate surface area is 165 Å². The van der Waals surface area contributed by atoms with Gasteiger partial charge in [0, 0.05) is 30.3 Å². The zero-order valence-corrected chi connectivity index (χ0v) is 17.6. The number of nitrogens with zero attached hydrogens (tertiary/aromatic N) is 2. The monoisotopic (exact) mass is 409 g/mol. The number of nitrogens with one attached hydrogen (secondary N) is 1. The number of fused-ring (bicyclic) bond motifs is 1. The highest BCUT2D eigenvalue weighted by Gasteiger charge is 2.29. The minimum absolute atomic E-state index is 0.0227. The number of carbonyl (C=O) groups is 1. The molecule has 3 rings (SSSR count). The lowest BCUT2D eigenvalue weighted by Crippen LogP contribution is -2.44. The van der Waals surface area contributed by atoms with Gasteiger partial charge in [-0.1, -0.05) is 18.2 Å². The fourth-order valence-electron chi connectivity index (χ4n) is 3.62. The van der Waals surface area contributed by atoms with Crippen LogP contribution in [0.5, 0.6) is 0 Å². The smallest absolute Gasteiger partial charge is 0.223 e. The van der Waals surface area contributed by atoms with Crippen molar-refractivity contribution in [3.63, 3.8) is 0 Å². The van der Waals surface area contributed by atoms with Crippen LogP contribution in [0.2, 0.25) is 0 Å². The molecule has 0 saturated carbocycles. The van der Waals surface area contributed by atoms with Crippen LogP contribution in [0.3, 0.4) is 0 Å². The Morgan fingerprint density at radius 3 is 2.59 bits per heavy atom. The molecule has 8 heteroatoms. The first kappa shape index (κ1) is 20.3. The van der Waals surface area contributed by atoms with E-state index in [2.05, 4.69) is 27.7 Å². The molecule has 1 saturated heterocycles. The maximum Gasteiger partial charge on any atom is 0.223 e. The number of sulfonamides is 1. The molecule has 0 bridgehead atoms. The van der Waals surface area contributed by atoms with E-state index in [1.807, 2.05) is 26.2 Å². The van der Waals surface area contributed by atoms with E-state index in [1.165, 1.54) is 26.2 Å². The molecule has 6 nitrogen and oxygen atoms in total. The summed E-state index contributed by atoms with van der Waals surface area (Å²) in [7, 11) is 0.877. The van der Waals surface area contributed by atoms with Gasteiger partial charge in [0.25, 0.3) is 0 Å². The summed E-state index contributed by atoms with van der Waals surface area (Å²) in [6, 6.07) is 8.42. The third-order valence-corrected chi connectivity index (χ3v) is 7.54. The first-order valence-corrected chi connectivity index (χ1v) is 11.9. The third kappa shape index (κ3) is 4.68. The Morgan fingerprint density at radius 2 is 1.96 bits per heavy atom. The van der Waals surface area contributed by atoms with Crippen molar-refractivity contribution in [1.29, 1.82) is 0 Å². The number of hydrogen-bond acceptors (Lipinski definition) is 5. The largest absolute Gasteiger partial charge is 0.354 e. The number of hydrogen-bond donors (Lipinski definition) is 1. The van der Waals surface area contributed by atoms with Gasteiger partial charge >= 0.3 is 0 Å². The van der Waals surface area contributed by atoms with Crippen LogP contribution < -0.4 is 5.32 Å². The normalized spacial score (nSPS) is 18.1. The molecule has 1 amide bonds. The zero-order chi connectivity index (χ0) is 19.6. The fraction of sp³-hybridized carbons (Fsp3) is 0.526. The number of benzene rings is 1. The Kier molecular flexibility index (Phi) is 6.20. The number of carbonyl (C=O) groups excluding carboxylic acids is 1. The van der Waals surface area contributed by atoms with Gasteiger partial charge in [-0.3, -0.25) is 4.79 Å². The quantitative estimate of drug-likeness (QED) is 0.795. The number of piperidine rings is 1. The summed E-state index contributed by atoms with van der Waals surface area (Å²) in [5.41, 5.74) is 1.23. The van der Waals surface area contributed by atoms with E-state index < -0.39 is 10.0 Å². The van der Waals surface area contributed by atoms with Gasteiger partial charge in [-0.15, -0.1) is 11.3 Å². The lowest BCUT2D eigenvalue weighted by atomic mass is 9.97. The van der Waals surface area contributed by atoms with Gasteiger partial charge in [0.2, 0.25) is 15.9 Å². The summed E-state index contributed by atoms with van der Waals surface area (Å²) < 4.78 is 25.9. The van der Waals surface area contributed by atoms with E-state index >= 15 is 0 Å². The molecule has 1 N–H and O–H groups in total. The molecule has 1 atom stereocenters. The molecule has 1 aliphatic rings. The van der Waals surface area contributed by atoms with Crippen molar-refractivity contribution in [3.05, 3.63) is 35.2 Å². The van der Waals surface area contributed by atoms with Gasteiger partial charge in [-0.2, -0.15) is 0 Å². The Balaban J connectivity index is 1.63. The van der Waals surface area contributed by atoms with E-state index in [1.54, 1.807) is 11.3 Å². The number of thiophene rings is 1. The minimum atomic E-state index is -3.17. The molecule has 0 spiro atoms. The standard InChI is InChI=1S/C19H27N3O3S2/c1-21(2)17(16-13-26-18-7-5-4-6-15(16)18)12-20-19(23)14-8-10-22(11-9-14)27(3,24)25/h4-7,13-14,17H,8-12H2,1-3H3,(H,20,23)/t17-/m0/s1. The first-order chi connectivity index (χ1) is 12.8. The van der Waals surface area contributed by atoms with Crippen molar-refractivity contribution in [3.8, 4) is 0 Å². The maximum atomic E-state index is 12.6. The van der Waals surface area contributed by atoms with Crippen molar-refractivity contribution in [2.45, 2.75) is 18.9 Å². The summed E-state index contributed by atoms with van der Waals surface area (Å²) in [5, 5.41) is 6.50. The van der Waals surface area contributed by atoms with Crippen LogP contribution in [0.25, 0.3) is 10.1 Å². The lowest BCUT2D eigenvalue weighted by molar-refractivity contribution is -0.126. The highest BCUT2D eigenvalue weighted by atomic mass is 32.2. The number of amides is 1. The van der Waals surface area contributed by atoms with E-state index in [4.69, 9.17) is 0 Å². The summed E-state index contributed by atoms with van der Waals surface area (Å²) >= 11 is 1.72. The van der Waals surface area contributed by atoms with Gasteiger partial charge in [-0.25, -0.2) is 12.7 Å². The van der Waals surface area contributed by atoms with Crippen molar-refractivity contribution in [1.82, 2.24) is 14.5 Å². The van der Waals surface area contributed by atoms with Crippen molar-refractivity contribution in [2.75, 3.05) is 40.0 Å². The maximum absolute atomic E-state index is 12.6. The summed E-state index contributed by atoms with van der Waals surface area (Å²) in [6.07, 6.45) is 2.38. The Morgan fingerprint density at radius 1 is 1.30 bits per heavy atom. The molecular formula is C19H27N3O3S2. The Bertz CT molecular complexity index is 900. The predicted octanol–water partition coefficient (Wildman–Crippen LogP) is 2.29. The average molecular weight is 410 g/mol. The first-order valence-electron chi connectivity index (χ1n) is 9.12. The molecule has 0 aliphatic carbocycles. The highest BCUT2D eigenvalue weighted by molar-refractivity contribution is 7.88. The fourth-order valence-corrected chi connectivity index (χ4v) is 5.50. The molecule has 1 fully saturated rings. The van der Waals surface area contributed by atoms with Crippen LogP contribution in [0, 0.1) is 5.92 Å². The van der Waals surface area contributed by atoms with Gasteiger partial charge in [0.05, 0.1) is 12.3 Å². The van der Waals surface area contributed by atoms with E-state index in [9.17, 15) is 13.2 Å². The van der Waals surface area contributed by atoms with Gasteiger partial charge in [-0.05, 0) is 49.3 Å². The topological polar surface area (TPSA) is 69.7 Å². The summed E-state index contributed by atoms with van der Waals surface area (Å²) in [4.78, 5) is 14.7. The number of rotatable bonds is 6. The summed E-state index contributed by atoms with van der Waals surface area (Å²) in [5.74, 6) is -0.0976. The minimum Gasteiger partial charge on any atom is -0.354 e. The van der Waals surface area contributed by atoms with E-state index in [0.29, 0.717) is 32.5 Å². The Hall–Kier alpha value is -1.48. The van der Waals surface area contributed by atoms with E-state index in [0.717, 1.165) is 0 Å². The van der Waals surface area contributed by atoms with Crippen LogP contribution in [-0.4, -0.2) is 63.5 Å². The van der Waals surface area contributed by atoms with Gasteiger partial charge in [0.15, 0.2) is 0 Å². The predicted molar refractivity (Wildman–Crippen MR) is 110 cm³/mol. The molecule has 1 aromatic heterocycles. The molecule has 148 valence electrons. The lowest BCUT2D eigenvalue weighted by Gasteiger charge is -2.30. The van der Waals surface area contributed by atoms with Crippen LogP contribution in [0.15, 0.2) is 29.6 Å². The average Bonchev–Trinajstić information content (AvgIpc) is 3.05. The van der Waals surface area contributed by atoms with Crippen LogP contribution in [0.1, 0.15) is 24.4 Å². The van der Waals surface area contributed by atoms with E-state index in [-0.39, 0.29) is 17.9 Å².